The van der Waals surface area contributed by atoms with Crippen LogP contribution < -0.4 is 0 Å². The summed E-state index contributed by atoms with van der Waals surface area (Å²) in [6, 6.07) is 0. The van der Waals surface area contributed by atoms with Gasteiger partial charge in [0.05, 0.1) is 7.11 Å². The van der Waals surface area contributed by atoms with Crippen LogP contribution >= 0.6 is 0 Å². The molecule has 0 aromatic carbocycles. The van der Waals surface area contributed by atoms with Gasteiger partial charge in [-0.1, -0.05) is 0 Å². The van der Waals surface area contributed by atoms with E-state index in [1.807, 2.05) is 17.8 Å². The van der Waals surface area contributed by atoms with Gasteiger partial charge in [0.15, 0.2) is 6.20 Å². The second kappa shape index (κ2) is 3.32. The molecule has 0 aromatic heterocycles. The smallest absolute Gasteiger partial charge is 0.339 e. The van der Waals surface area contributed by atoms with Crippen molar-refractivity contribution in [2.24, 2.45) is 0 Å². The minimum absolute atomic E-state index is 0.218. The van der Waals surface area contributed by atoms with Crippen LogP contribution in [0.25, 0.3) is 0 Å². The van der Waals surface area contributed by atoms with Crippen molar-refractivity contribution in [3.8, 4) is 0 Å². The third-order valence-electron chi connectivity index (χ3n) is 1.64. The monoisotopic (exact) mass is 154 g/mol. The molecule has 11 heavy (non-hydrogen) atoms. The molecule has 0 unspecified atom stereocenters. The van der Waals surface area contributed by atoms with Crippen LogP contribution in [0.2, 0.25) is 0 Å². The number of esters is 1. The van der Waals surface area contributed by atoms with Crippen molar-refractivity contribution in [1.29, 1.82) is 0 Å². The first-order valence-corrected chi connectivity index (χ1v) is 3.58. The summed E-state index contributed by atoms with van der Waals surface area (Å²) in [5, 5.41) is 0. The molecule has 60 valence electrons. The summed E-state index contributed by atoms with van der Waals surface area (Å²) in [5.41, 5.74) is 0.748. The fourth-order valence-electron chi connectivity index (χ4n) is 1.07. The Morgan fingerprint density at radius 1 is 1.73 bits per heavy atom. The number of carbonyl (C=O) groups excluding carboxylic acids is 1. The van der Waals surface area contributed by atoms with Crippen LogP contribution in [0.15, 0.2) is 11.8 Å². The van der Waals surface area contributed by atoms with Crippen LogP contribution in [0, 0.1) is 0 Å². The van der Waals surface area contributed by atoms with Crippen molar-refractivity contribution in [2.45, 2.75) is 12.8 Å². The summed E-state index contributed by atoms with van der Waals surface area (Å²) in [6.07, 6.45) is 5.54. The molecule has 1 aliphatic heterocycles. The molecule has 0 fully saturated rings. The van der Waals surface area contributed by atoms with Crippen molar-refractivity contribution in [1.82, 2.24) is 0 Å². The zero-order valence-electron chi connectivity index (χ0n) is 6.83. The van der Waals surface area contributed by atoms with Crippen LogP contribution in [-0.2, 0) is 9.53 Å². The van der Waals surface area contributed by atoms with Crippen LogP contribution in [0.1, 0.15) is 12.8 Å². The molecular formula is C8H12NO2+. The minimum Gasteiger partial charge on any atom is -0.465 e. The topological polar surface area (TPSA) is 29.3 Å². The van der Waals surface area contributed by atoms with E-state index in [4.69, 9.17) is 0 Å². The van der Waals surface area contributed by atoms with Gasteiger partial charge in [0, 0.05) is 6.42 Å². The Labute approximate surface area is 66.0 Å². The number of nitrogens with zero attached hydrogens (tertiary/aromatic N) is 1. The summed E-state index contributed by atoms with van der Waals surface area (Å²) in [7, 11) is 3.31. The van der Waals surface area contributed by atoms with Crippen LogP contribution in [0.5, 0.6) is 0 Å². The SMILES string of the molecule is COC(=O)C1=C[N+](C)=CCC1. The van der Waals surface area contributed by atoms with E-state index in [0.717, 1.165) is 18.4 Å². The van der Waals surface area contributed by atoms with Gasteiger partial charge in [0.2, 0.25) is 0 Å². The first kappa shape index (κ1) is 7.98. The lowest BCUT2D eigenvalue weighted by atomic mass is 10.1. The van der Waals surface area contributed by atoms with Crippen LogP contribution in [0.3, 0.4) is 0 Å². The highest BCUT2D eigenvalue weighted by Gasteiger charge is 2.15. The Hall–Kier alpha value is -1.12. The lowest BCUT2D eigenvalue weighted by molar-refractivity contribution is -0.420. The summed E-state index contributed by atoms with van der Waals surface area (Å²) in [6.45, 7) is 0. The van der Waals surface area contributed by atoms with Gasteiger partial charge in [-0.25, -0.2) is 9.37 Å². The van der Waals surface area contributed by atoms with Gasteiger partial charge in [-0.2, -0.15) is 0 Å². The average molecular weight is 154 g/mol. The minimum atomic E-state index is -0.218. The van der Waals surface area contributed by atoms with Gasteiger partial charge in [-0.3, -0.25) is 0 Å². The molecule has 1 aliphatic rings. The molecule has 0 aromatic rings. The van der Waals surface area contributed by atoms with E-state index in [1.54, 1.807) is 6.20 Å². The van der Waals surface area contributed by atoms with Gasteiger partial charge >= 0.3 is 5.97 Å². The number of methoxy groups -OCH3 is 1. The normalized spacial score (nSPS) is 16.9. The maximum absolute atomic E-state index is 11.0. The summed E-state index contributed by atoms with van der Waals surface area (Å²) < 4.78 is 6.47. The number of hydrogen-bond donors (Lipinski definition) is 0. The fourth-order valence-corrected chi connectivity index (χ4v) is 1.07. The molecule has 0 saturated carbocycles. The maximum Gasteiger partial charge on any atom is 0.339 e. The molecule has 0 aliphatic carbocycles. The second-order valence-corrected chi connectivity index (χ2v) is 2.53. The van der Waals surface area contributed by atoms with Crippen molar-refractivity contribution in [3.05, 3.63) is 11.8 Å². The number of ether oxygens (including phenoxy) is 1. The highest BCUT2D eigenvalue weighted by atomic mass is 16.5. The molecule has 3 heteroatoms. The molecule has 1 rings (SSSR count). The molecular weight excluding hydrogens is 142 g/mol. The average Bonchev–Trinajstić information content (AvgIpc) is 2.03. The van der Waals surface area contributed by atoms with Gasteiger partial charge in [0.1, 0.15) is 18.8 Å². The fraction of sp³-hybridized carbons (Fsp3) is 0.500. The van der Waals surface area contributed by atoms with Crippen molar-refractivity contribution < 1.29 is 14.1 Å². The van der Waals surface area contributed by atoms with Crippen molar-refractivity contribution >= 4 is 12.2 Å². The lowest BCUT2D eigenvalue weighted by Gasteiger charge is -2.04. The van der Waals surface area contributed by atoms with Crippen LogP contribution in [0.4, 0.5) is 0 Å². The second-order valence-electron chi connectivity index (χ2n) is 2.53. The lowest BCUT2D eigenvalue weighted by Crippen LogP contribution is -2.13. The highest BCUT2D eigenvalue weighted by molar-refractivity contribution is 5.88. The first-order chi connectivity index (χ1) is 5.24. The first-order valence-electron chi connectivity index (χ1n) is 3.58. The molecule has 0 bridgehead atoms. The Morgan fingerprint density at radius 3 is 3.00 bits per heavy atom. The largest absolute Gasteiger partial charge is 0.465 e. The number of carbonyl (C=O) groups is 1. The summed E-state index contributed by atoms with van der Waals surface area (Å²) >= 11 is 0. The van der Waals surface area contributed by atoms with Gasteiger partial charge in [0.25, 0.3) is 0 Å². The molecule has 3 nitrogen and oxygen atoms in total. The summed E-state index contributed by atoms with van der Waals surface area (Å²) in [4.78, 5) is 11.0. The van der Waals surface area contributed by atoms with Gasteiger partial charge < -0.3 is 4.74 Å². The predicted octanol–water partition coefficient (Wildman–Crippen LogP) is 0.550. The maximum atomic E-state index is 11.0. The van der Waals surface area contributed by atoms with Crippen molar-refractivity contribution in [2.75, 3.05) is 14.2 Å². The molecule has 1 heterocycles. The molecule has 0 atom stereocenters. The Morgan fingerprint density at radius 2 is 2.45 bits per heavy atom. The third-order valence-corrected chi connectivity index (χ3v) is 1.64. The highest BCUT2D eigenvalue weighted by Crippen LogP contribution is 2.09. The molecule has 0 radical (unpaired) electrons. The predicted molar refractivity (Wildman–Crippen MR) is 41.6 cm³/mol. The molecule has 0 saturated heterocycles. The number of hydrogen-bond acceptors (Lipinski definition) is 2. The van der Waals surface area contributed by atoms with E-state index in [0.29, 0.717) is 0 Å². The van der Waals surface area contributed by atoms with Crippen molar-refractivity contribution in [3.63, 3.8) is 0 Å². The Bertz CT molecular complexity index is 228. The quantitative estimate of drug-likeness (QED) is 0.407. The number of rotatable bonds is 1. The van der Waals surface area contributed by atoms with Gasteiger partial charge in [-0.05, 0) is 6.42 Å². The summed E-state index contributed by atoms with van der Waals surface area (Å²) in [5.74, 6) is -0.218. The van der Waals surface area contributed by atoms with Gasteiger partial charge in [-0.15, -0.1) is 0 Å². The van der Waals surface area contributed by atoms with E-state index in [-0.39, 0.29) is 5.97 Å². The van der Waals surface area contributed by atoms with E-state index in [9.17, 15) is 4.79 Å². The standard InChI is InChI=1S/C8H12NO2/c1-9-5-3-4-7(6-9)8(10)11-2/h5-6H,3-4H2,1-2H3/q+1. The van der Waals surface area contributed by atoms with E-state index >= 15 is 0 Å². The molecule has 0 amide bonds. The van der Waals surface area contributed by atoms with E-state index in [1.165, 1.54) is 7.11 Å². The molecule has 0 N–H and O–H groups in total. The third kappa shape index (κ3) is 1.90. The van der Waals surface area contributed by atoms with E-state index in [2.05, 4.69) is 4.74 Å². The van der Waals surface area contributed by atoms with E-state index < -0.39 is 0 Å². The zero-order valence-corrected chi connectivity index (χ0v) is 6.83. The molecule has 0 spiro atoms. The Balaban J connectivity index is 2.73. The zero-order chi connectivity index (χ0) is 8.27. The Kier molecular flexibility index (Phi) is 2.41. The van der Waals surface area contributed by atoms with Crippen LogP contribution in [-0.4, -0.2) is 30.9 Å².